The predicted molar refractivity (Wildman–Crippen MR) is 101 cm³/mol. The van der Waals surface area contributed by atoms with Gasteiger partial charge >= 0.3 is 5.97 Å². The molecular weight excluding hydrogens is 324 g/mol. The van der Waals surface area contributed by atoms with Gasteiger partial charge in [-0.3, -0.25) is 4.79 Å². The zero-order valence-corrected chi connectivity index (χ0v) is 14.4. The van der Waals surface area contributed by atoms with E-state index in [0.29, 0.717) is 19.4 Å². The zero-order valence-electron chi connectivity index (χ0n) is 14.4. The van der Waals surface area contributed by atoms with Gasteiger partial charge in [-0.1, -0.05) is 66.7 Å². The zero-order chi connectivity index (χ0) is 18.0. The summed E-state index contributed by atoms with van der Waals surface area (Å²) in [5.74, 6) is 0.0747. The summed E-state index contributed by atoms with van der Waals surface area (Å²) in [4.78, 5) is 11.6. The average molecular weight is 344 g/mol. The van der Waals surface area contributed by atoms with E-state index in [4.69, 9.17) is 4.74 Å². The highest BCUT2D eigenvalue weighted by Crippen LogP contribution is 2.49. The number of hydrogen-bond donors (Lipinski definition) is 1. The van der Waals surface area contributed by atoms with Crippen molar-refractivity contribution in [2.45, 2.75) is 24.9 Å². The SMILES string of the molecule is O=C(O)C1(c2cccc(-c3cccc(OCc4ccccc4)c3)c2)CC1. The van der Waals surface area contributed by atoms with Crippen LogP contribution in [0.2, 0.25) is 0 Å². The summed E-state index contributed by atoms with van der Waals surface area (Å²) in [6, 6.07) is 25.8. The number of aliphatic carboxylic acids is 1. The van der Waals surface area contributed by atoms with Crippen molar-refractivity contribution in [3.8, 4) is 16.9 Å². The molecule has 26 heavy (non-hydrogen) atoms. The number of carboxylic acids is 1. The molecule has 1 saturated carbocycles. The molecule has 0 radical (unpaired) electrons. The Hall–Kier alpha value is -3.07. The Morgan fingerprint density at radius 2 is 1.58 bits per heavy atom. The third-order valence-corrected chi connectivity index (χ3v) is 4.99. The summed E-state index contributed by atoms with van der Waals surface area (Å²) in [6.45, 7) is 0.520. The molecule has 1 aliphatic carbocycles. The van der Waals surface area contributed by atoms with Crippen molar-refractivity contribution in [1.29, 1.82) is 0 Å². The lowest BCUT2D eigenvalue weighted by Crippen LogP contribution is -2.19. The molecule has 0 amide bonds. The molecule has 0 atom stereocenters. The summed E-state index contributed by atoms with van der Waals surface area (Å²) >= 11 is 0. The summed E-state index contributed by atoms with van der Waals surface area (Å²) < 4.78 is 5.91. The number of carbonyl (C=O) groups is 1. The van der Waals surface area contributed by atoms with E-state index < -0.39 is 11.4 Å². The molecular formula is C23H20O3. The molecule has 0 aromatic heterocycles. The molecule has 0 saturated heterocycles. The Balaban J connectivity index is 1.56. The molecule has 0 aliphatic heterocycles. The second-order valence-electron chi connectivity index (χ2n) is 6.77. The second kappa shape index (κ2) is 6.68. The summed E-state index contributed by atoms with van der Waals surface area (Å²) in [5, 5.41) is 9.52. The van der Waals surface area contributed by atoms with E-state index in [1.54, 1.807) is 0 Å². The smallest absolute Gasteiger partial charge is 0.314 e. The van der Waals surface area contributed by atoms with Gasteiger partial charge in [0.25, 0.3) is 0 Å². The monoisotopic (exact) mass is 344 g/mol. The van der Waals surface area contributed by atoms with E-state index in [-0.39, 0.29) is 0 Å². The largest absolute Gasteiger partial charge is 0.489 e. The predicted octanol–water partition coefficient (Wildman–Crippen LogP) is 5.05. The first-order chi connectivity index (χ1) is 12.7. The van der Waals surface area contributed by atoms with E-state index in [1.165, 1.54) is 0 Å². The molecule has 3 heteroatoms. The van der Waals surface area contributed by atoms with Crippen molar-refractivity contribution in [2.24, 2.45) is 0 Å². The molecule has 3 aromatic carbocycles. The van der Waals surface area contributed by atoms with E-state index in [2.05, 4.69) is 0 Å². The van der Waals surface area contributed by atoms with Gasteiger partial charge in [-0.2, -0.15) is 0 Å². The Kier molecular flexibility index (Phi) is 4.21. The molecule has 1 N–H and O–H groups in total. The van der Waals surface area contributed by atoms with Gasteiger partial charge in [0.1, 0.15) is 12.4 Å². The summed E-state index contributed by atoms with van der Waals surface area (Å²) in [7, 11) is 0. The molecule has 0 bridgehead atoms. The van der Waals surface area contributed by atoms with Gasteiger partial charge in [0.2, 0.25) is 0 Å². The molecule has 1 aliphatic rings. The van der Waals surface area contributed by atoms with E-state index >= 15 is 0 Å². The van der Waals surface area contributed by atoms with Crippen LogP contribution < -0.4 is 4.74 Å². The van der Waals surface area contributed by atoms with Crippen LogP contribution in [0.4, 0.5) is 0 Å². The Labute approximate surface area is 152 Å². The van der Waals surface area contributed by atoms with Gasteiger partial charge in [0.05, 0.1) is 5.41 Å². The van der Waals surface area contributed by atoms with Gasteiger partial charge < -0.3 is 9.84 Å². The minimum Gasteiger partial charge on any atom is -0.489 e. The third kappa shape index (κ3) is 3.21. The van der Waals surface area contributed by atoms with Crippen molar-refractivity contribution in [3.05, 3.63) is 90.0 Å². The first kappa shape index (κ1) is 16.4. The van der Waals surface area contributed by atoms with Crippen LogP contribution in [0.5, 0.6) is 5.75 Å². The fourth-order valence-corrected chi connectivity index (χ4v) is 3.25. The second-order valence-corrected chi connectivity index (χ2v) is 6.77. The highest BCUT2D eigenvalue weighted by molar-refractivity contribution is 5.85. The topological polar surface area (TPSA) is 46.5 Å². The van der Waals surface area contributed by atoms with Gasteiger partial charge in [0.15, 0.2) is 0 Å². The van der Waals surface area contributed by atoms with Gasteiger partial charge in [-0.15, -0.1) is 0 Å². The highest BCUT2D eigenvalue weighted by atomic mass is 16.5. The van der Waals surface area contributed by atoms with Crippen LogP contribution in [-0.2, 0) is 16.8 Å². The van der Waals surface area contributed by atoms with Crippen LogP contribution in [0.25, 0.3) is 11.1 Å². The van der Waals surface area contributed by atoms with E-state index in [9.17, 15) is 9.90 Å². The maximum atomic E-state index is 11.6. The highest BCUT2D eigenvalue weighted by Gasteiger charge is 2.51. The van der Waals surface area contributed by atoms with Crippen LogP contribution in [0.3, 0.4) is 0 Å². The number of carboxylic acid groups (broad SMARTS) is 1. The lowest BCUT2D eigenvalue weighted by Gasteiger charge is -2.13. The van der Waals surface area contributed by atoms with Gasteiger partial charge in [-0.25, -0.2) is 0 Å². The van der Waals surface area contributed by atoms with Crippen molar-refractivity contribution in [3.63, 3.8) is 0 Å². The fourth-order valence-electron chi connectivity index (χ4n) is 3.25. The lowest BCUT2D eigenvalue weighted by molar-refractivity contribution is -0.140. The molecule has 4 rings (SSSR count). The third-order valence-electron chi connectivity index (χ3n) is 4.99. The van der Waals surface area contributed by atoms with Crippen LogP contribution in [0.15, 0.2) is 78.9 Å². The Morgan fingerprint density at radius 3 is 2.27 bits per heavy atom. The molecule has 3 aromatic rings. The maximum absolute atomic E-state index is 11.6. The molecule has 130 valence electrons. The fraction of sp³-hybridized carbons (Fsp3) is 0.174. The minimum absolute atomic E-state index is 0.520. The van der Waals surface area contributed by atoms with Crippen molar-refractivity contribution in [2.75, 3.05) is 0 Å². The standard InChI is InChI=1S/C23H20O3/c24-22(25)23(12-13-23)20-10-4-8-18(14-20)19-9-5-11-21(15-19)26-16-17-6-2-1-3-7-17/h1-11,14-15H,12-13,16H2,(H,24,25). The maximum Gasteiger partial charge on any atom is 0.314 e. The van der Waals surface area contributed by atoms with Crippen molar-refractivity contribution < 1.29 is 14.6 Å². The first-order valence-electron chi connectivity index (χ1n) is 8.78. The van der Waals surface area contributed by atoms with Crippen molar-refractivity contribution >= 4 is 5.97 Å². The number of ether oxygens (including phenoxy) is 1. The number of rotatable bonds is 6. The van der Waals surface area contributed by atoms with Crippen LogP contribution >= 0.6 is 0 Å². The van der Waals surface area contributed by atoms with Crippen LogP contribution in [-0.4, -0.2) is 11.1 Å². The quantitative estimate of drug-likeness (QED) is 0.681. The normalized spacial score (nSPS) is 14.6. The number of hydrogen-bond acceptors (Lipinski definition) is 2. The molecule has 3 nitrogen and oxygen atoms in total. The van der Waals surface area contributed by atoms with E-state index in [0.717, 1.165) is 28.0 Å². The Morgan fingerprint density at radius 1 is 0.885 bits per heavy atom. The van der Waals surface area contributed by atoms with Crippen molar-refractivity contribution in [1.82, 2.24) is 0 Å². The lowest BCUT2D eigenvalue weighted by atomic mass is 9.92. The summed E-state index contributed by atoms with van der Waals surface area (Å²) in [6.07, 6.45) is 1.43. The molecule has 1 fully saturated rings. The van der Waals surface area contributed by atoms with Crippen LogP contribution in [0.1, 0.15) is 24.0 Å². The molecule has 0 unspecified atom stereocenters. The van der Waals surface area contributed by atoms with Gasteiger partial charge in [0, 0.05) is 0 Å². The van der Waals surface area contributed by atoms with E-state index in [1.807, 2.05) is 78.9 Å². The number of benzene rings is 3. The Bertz CT molecular complexity index is 927. The summed E-state index contributed by atoms with van der Waals surface area (Å²) in [5.41, 5.74) is 3.37. The van der Waals surface area contributed by atoms with Gasteiger partial charge in [-0.05, 0) is 47.2 Å². The minimum atomic E-state index is -0.727. The average Bonchev–Trinajstić information content (AvgIpc) is 3.50. The first-order valence-corrected chi connectivity index (χ1v) is 8.78. The molecule has 0 spiro atoms. The van der Waals surface area contributed by atoms with Crippen LogP contribution in [0, 0.1) is 0 Å². The molecule has 0 heterocycles.